The van der Waals surface area contributed by atoms with Gasteiger partial charge in [-0.15, -0.1) is 0 Å². The predicted molar refractivity (Wildman–Crippen MR) is 74.0 cm³/mol. The highest BCUT2D eigenvalue weighted by Gasteiger charge is 2.20. The van der Waals surface area contributed by atoms with Crippen molar-refractivity contribution in [1.29, 1.82) is 0 Å². The lowest BCUT2D eigenvalue weighted by molar-refractivity contribution is -0.119. The fourth-order valence-electron chi connectivity index (χ4n) is 2.07. The Morgan fingerprint density at radius 3 is 2.65 bits per heavy atom. The number of nitrogens with zero attached hydrogens (tertiary/aromatic N) is 1. The van der Waals surface area contributed by atoms with E-state index in [2.05, 4.69) is 5.32 Å². The van der Waals surface area contributed by atoms with Crippen LogP contribution in [0.15, 0.2) is 24.3 Å². The molecule has 1 aromatic carbocycles. The Morgan fingerprint density at radius 2 is 2.10 bits per heavy atom. The summed E-state index contributed by atoms with van der Waals surface area (Å²) in [6.07, 6.45) is 0.358. The molecule has 0 saturated carbocycles. The molecule has 1 amide bonds. The molecule has 108 valence electrons. The Labute approximate surface area is 117 Å². The first-order valence-corrected chi connectivity index (χ1v) is 6.49. The summed E-state index contributed by atoms with van der Waals surface area (Å²) in [5.41, 5.74) is 0.883. The lowest BCUT2D eigenvalue weighted by atomic mass is 10.1. The van der Waals surface area contributed by atoms with Crippen molar-refractivity contribution in [3.05, 3.63) is 29.8 Å². The highest BCUT2D eigenvalue weighted by atomic mass is 16.5. The van der Waals surface area contributed by atoms with E-state index in [0.717, 1.165) is 6.54 Å². The summed E-state index contributed by atoms with van der Waals surface area (Å²) in [4.78, 5) is 24.5. The van der Waals surface area contributed by atoms with Gasteiger partial charge in [-0.2, -0.15) is 0 Å². The topological polar surface area (TPSA) is 78.9 Å². The van der Waals surface area contributed by atoms with Crippen molar-refractivity contribution in [2.75, 3.05) is 31.7 Å². The first-order valence-electron chi connectivity index (χ1n) is 6.49. The number of hydrogen-bond acceptors (Lipinski definition) is 4. The number of hydrogen-bond donors (Lipinski definition) is 2. The van der Waals surface area contributed by atoms with Crippen LogP contribution >= 0.6 is 0 Å². The van der Waals surface area contributed by atoms with Gasteiger partial charge >= 0.3 is 5.97 Å². The van der Waals surface area contributed by atoms with E-state index in [9.17, 15) is 9.59 Å². The zero-order chi connectivity index (χ0) is 14.5. The maximum absolute atomic E-state index is 12.1. The van der Waals surface area contributed by atoms with Crippen LogP contribution in [0.5, 0.6) is 0 Å². The molecule has 0 aliphatic carbocycles. The number of nitrogens with one attached hydrogen (secondary N) is 1. The average molecular weight is 278 g/mol. The number of carboxylic acid groups (broad SMARTS) is 1. The number of carbonyl (C=O) groups excluding carboxylic acids is 1. The van der Waals surface area contributed by atoms with E-state index < -0.39 is 5.97 Å². The van der Waals surface area contributed by atoms with Gasteiger partial charge in [0.1, 0.15) is 0 Å². The van der Waals surface area contributed by atoms with Gasteiger partial charge < -0.3 is 20.1 Å². The molecule has 6 nitrogen and oxygen atoms in total. The second-order valence-electron chi connectivity index (χ2n) is 4.73. The van der Waals surface area contributed by atoms with E-state index in [1.807, 2.05) is 0 Å². The number of anilines is 1. The van der Waals surface area contributed by atoms with Crippen LogP contribution in [0.4, 0.5) is 5.69 Å². The summed E-state index contributed by atoms with van der Waals surface area (Å²) in [6, 6.07) is 6.28. The van der Waals surface area contributed by atoms with Crippen LogP contribution in [-0.2, 0) is 9.53 Å². The van der Waals surface area contributed by atoms with E-state index in [4.69, 9.17) is 9.84 Å². The first kappa shape index (κ1) is 14.5. The number of carbonyl (C=O) groups is 2. The number of benzene rings is 1. The molecular weight excluding hydrogens is 260 g/mol. The Morgan fingerprint density at radius 1 is 1.40 bits per heavy atom. The molecule has 0 radical (unpaired) electrons. The molecule has 0 bridgehead atoms. The monoisotopic (exact) mass is 278 g/mol. The van der Waals surface area contributed by atoms with Gasteiger partial charge in [-0.3, -0.25) is 4.79 Å². The third kappa shape index (κ3) is 3.55. The van der Waals surface area contributed by atoms with Crippen LogP contribution < -0.4 is 10.2 Å². The molecule has 1 atom stereocenters. The van der Waals surface area contributed by atoms with E-state index >= 15 is 0 Å². The molecule has 1 fully saturated rings. The lowest BCUT2D eigenvalue weighted by Gasteiger charge is -2.25. The minimum atomic E-state index is -0.978. The highest BCUT2D eigenvalue weighted by molar-refractivity contribution is 5.94. The molecule has 1 aliphatic rings. The van der Waals surface area contributed by atoms with Crippen molar-refractivity contribution >= 4 is 17.6 Å². The molecule has 0 aromatic heterocycles. The van der Waals surface area contributed by atoms with Crippen LogP contribution in [0.2, 0.25) is 0 Å². The summed E-state index contributed by atoms with van der Waals surface area (Å²) in [5, 5.41) is 12.1. The molecule has 1 saturated heterocycles. The van der Waals surface area contributed by atoms with E-state index in [-0.39, 0.29) is 17.5 Å². The third-order valence-electron chi connectivity index (χ3n) is 3.30. The minimum absolute atomic E-state index is 0.0314. The largest absolute Gasteiger partial charge is 0.478 e. The van der Waals surface area contributed by atoms with Gasteiger partial charge in [-0.25, -0.2) is 4.79 Å². The van der Waals surface area contributed by atoms with Crippen LogP contribution in [0.3, 0.4) is 0 Å². The molecule has 20 heavy (non-hydrogen) atoms. The van der Waals surface area contributed by atoms with Gasteiger partial charge in [0, 0.05) is 31.7 Å². The zero-order valence-electron chi connectivity index (χ0n) is 11.3. The molecular formula is C14H18N2O4. The molecule has 1 aromatic rings. The number of ether oxygens (including phenoxy) is 1. The normalized spacial score (nSPS) is 18.6. The number of carboxylic acids is 1. The smallest absolute Gasteiger partial charge is 0.335 e. The quantitative estimate of drug-likeness (QED) is 0.848. The minimum Gasteiger partial charge on any atom is -0.478 e. The standard InChI is InChI=1S/C14H18N2O4/c1-16(12-4-2-10(3-5-12)14(18)19)13(17)8-11-9-20-7-6-15-11/h2-5,11,15H,6-9H2,1H3,(H,18,19). The van der Waals surface area contributed by atoms with Crippen molar-refractivity contribution in [1.82, 2.24) is 5.32 Å². The molecule has 1 unspecified atom stereocenters. The van der Waals surface area contributed by atoms with Crippen LogP contribution in [0, 0.1) is 0 Å². The molecule has 1 aliphatic heterocycles. The summed E-state index contributed by atoms with van der Waals surface area (Å²) in [6.45, 7) is 1.98. The number of rotatable bonds is 4. The summed E-state index contributed by atoms with van der Waals surface area (Å²) < 4.78 is 5.31. The van der Waals surface area contributed by atoms with Gasteiger partial charge in [-0.05, 0) is 24.3 Å². The summed E-state index contributed by atoms with van der Waals surface area (Å²) in [5.74, 6) is -1.01. The average Bonchev–Trinajstić information content (AvgIpc) is 2.47. The Kier molecular flexibility index (Phi) is 4.70. The number of aromatic carboxylic acids is 1. The van der Waals surface area contributed by atoms with E-state index in [1.165, 1.54) is 17.0 Å². The van der Waals surface area contributed by atoms with E-state index in [1.54, 1.807) is 19.2 Å². The molecule has 0 spiro atoms. The van der Waals surface area contributed by atoms with Gasteiger partial charge in [0.15, 0.2) is 0 Å². The van der Waals surface area contributed by atoms with E-state index in [0.29, 0.717) is 25.3 Å². The maximum atomic E-state index is 12.1. The Hall–Kier alpha value is -1.92. The van der Waals surface area contributed by atoms with Gasteiger partial charge in [0.25, 0.3) is 0 Å². The zero-order valence-corrected chi connectivity index (χ0v) is 11.3. The second-order valence-corrected chi connectivity index (χ2v) is 4.73. The molecule has 6 heteroatoms. The number of amides is 1. The molecule has 1 heterocycles. The second kappa shape index (κ2) is 6.49. The fourth-order valence-corrected chi connectivity index (χ4v) is 2.07. The maximum Gasteiger partial charge on any atom is 0.335 e. The van der Waals surface area contributed by atoms with Crippen molar-refractivity contribution in [3.8, 4) is 0 Å². The Balaban J connectivity index is 1.96. The Bertz CT molecular complexity index is 480. The predicted octanol–water partition coefficient (Wildman–Crippen LogP) is 0.726. The summed E-state index contributed by atoms with van der Waals surface area (Å²) in [7, 11) is 1.68. The van der Waals surface area contributed by atoms with Crippen LogP contribution in [-0.4, -0.2) is 49.8 Å². The lowest BCUT2D eigenvalue weighted by Crippen LogP contribution is -2.44. The first-order chi connectivity index (χ1) is 9.58. The number of morpholine rings is 1. The third-order valence-corrected chi connectivity index (χ3v) is 3.30. The highest BCUT2D eigenvalue weighted by Crippen LogP contribution is 2.15. The fraction of sp³-hybridized carbons (Fsp3) is 0.429. The van der Waals surface area contributed by atoms with Crippen molar-refractivity contribution in [3.63, 3.8) is 0 Å². The van der Waals surface area contributed by atoms with Crippen molar-refractivity contribution < 1.29 is 19.4 Å². The van der Waals surface area contributed by atoms with Gasteiger partial charge in [-0.1, -0.05) is 0 Å². The van der Waals surface area contributed by atoms with Crippen LogP contribution in [0.1, 0.15) is 16.8 Å². The van der Waals surface area contributed by atoms with Crippen LogP contribution in [0.25, 0.3) is 0 Å². The van der Waals surface area contributed by atoms with Gasteiger partial charge in [0.05, 0.1) is 18.8 Å². The molecule has 2 N–H and O–H groups in total. The van der Waals surface area contributed by atoms with Gasteiger partial charge in [0.2, 0.25) is 5.91 Å². The van der Waals surface area contributed by atoms with Crippen molar-refractivity contribution in [2.45, 2.75) is 12.5 Å². The van der Waals surface area contributed by atoms with Crippen molar-refractivity contribution in [2.24, 2.45) is 0 Å². The SMILES string of the molecule is CN(C(=O)CC1COCCN1)c1ccc(C(=O)O)cc1. The summed E-state index contributed by atoms with van der Waals surface area (Å²) >= 11 is 0. The molecule has 2 rings (SSSR count).